The van der Waals surface area contributed by atoms with Crippen molar-refractivity contribution in [3.8, 4) is 0 Å². The van der Waals surface area contributed by atoms with Gasteiger partial charge in [0, 0.05) is 25.7 Å². The molecule has 6 nitrogen and oxygen atoms in total. The van der Waals surface area contributed by atoms with Gasteiger partial charge < -0.3 is 14.7 Å². The summed E-state index contributed by atoms with van der Waals surface area (Å²) in [5, 5.41) is 8.72. The second-order valence-corrected chi connectivity index (χ2v) is 5.23. The Morgan fingerprint density at radius 1 is 1.47 bits per heavy atom. The molecule has 0 radical (unpaired) electrons. The molecule has 0 aromatic rings. The van der Waals surface area contributed by atoms with Gasteiger partial charge in [0.15, 0.2) is 0 Å². The van der Waals surface area contributed by atoms with Gasteiger partial charge in [0.2, 0.25) is 5.91 Å². The number of hydrogen-bond acceptors (Lipinski definition) is 4. The first-order chi connectivity index (χ1) is 8.90. The van der Waals surface area contributed by atoms with Crippen molar-refractivity contribution in [1.29, 1.82) is 0 Å². The highest BCUT2D eigenvalue weighted by Crippen LogP contribution is 2.07. The third-order valence-corrected chi connectivity index (χ3v) is 3.28. The monoisotopic (exact) mass is 272 g/mol. The number of amides is 1. The van der Waals surface area contributed by atoms with Crippen LogP contribution < -0.4 is 0 Å². The molecule has 0 spiro atoms. The molecular weight excluding hydrogens is 248 g/mol. The molecule has 0 aromatic carbocycles. The Balaban J connectivity index is 2.48. The van der Waals surface area contributed by atoms with Crippen LogP contribution in [-0.4, -0.2) is 71.7 Å². The van der Waals surface area contributed by atoms with E-state index in [9.17, 15) is 9.59 Å². The number of carbonyl (C=O) groups excluding carboxylic acids is 1. The van der Waals surface area contributed by atoms with Crippen LogP contribution in [0.4, 0.5) is 0 Å². The summed E-state index contributed by atoms with van der Waals surface area (Å²) in [6, 6.07) is 0.154. The molecule has 1 aliphatic heterocycles. The Labute approximate surface area is 114 Å². The average Bonchev–Trinajstić information content (AvgIpc) is 2.33. The summed E-state index contributed by atoms with van der Waals surface area (Å²) in [5.74, 6) is -0.785. The van der Waals surface area contributed by atoms with Crippen LogP contribution in [0.2, 0.25) is 0 Å². The molecule has 0 saturated carbocycles. The van der Waals surface area contributed by atoms with E-state index in [1.165, 1.54) is 0 Å². The van der Waals surface area contributed by atoms with Crippen LogP contribution in [0.3, 0.4) is 0 Å². The van der Waals surface area contributed by atoms with Gasteiger partial charge in [-0.05, 0) is 20.8 Å². The standard InChI is InChI=1S/C13H24N2O4/c1-10(2)14(5-4-13(17)18)9-12(16)15-6-7-19-11(3)8-15/h10-11H,4-9H2,1-3H3,(H,17,18). The minimum Gasteiger partial charge on any atom is -0.481 e. The maximum absolute atomic E-state index is 12.2. The molecule has 6 heteroatoms. The zero-order chi connectivity index (χ0) is 14.4. The minimum absolute atomic E-state index is 0.0502. The van der Waals surface area contributed by atoms with E-state index in [2.05, 4.69) is 0 Å². The minimum atomic E-state index is -0.835. The summed E-state index contributed by atoms with van der Waals surface area (Å²) in [5.41, 5.74) is 0. The Morgan fingerprint density at radius 3 is 2.68 bits per heavy atom. The van der Waals surface area contributed by atoms with E-state index in [0.717, 1.165) is 0 Å². The van der Waals surface area contributed by atoms with E-state index in [-0.39, 0.29) is 31.0 Å². The largest absolute Gasteiger partial charge is 0.481 e. The Kier molecular flexibility index (Phi) is 6.24. The van der Waals surface area contributed by atoms with Gasteiger partial charge in [0.1, 0.15) is 0 Å². The summed E-state index contributed by atoms with van der Waals surface area (Å²) < 4.78 is 5.40. The van der Waals surface area contributed by atoms with Gasteiger partial charge in [-0.25, -0.2) is 0 Å². The number of hydrogen-bond donors (Lipinski definition) is 1. The molecule has 1 amide bonds. The molecule has 19 heavy (non-hydrogen) atoms. The average molecular weight is 272 g/mol. The maximum atomic E-state index is 12.2. The normalized spacial score (nSPS) is 20.1. The van der Waals surface area contributed by atoms with Gasteiger partial charge in [-0.2, -0.15) is 0 Å². The molecule has 0 bridgehead atoms. The van der Waals surface area contributed by atoms with Crippen molar-refractivity contribution in [2.75, 3.05) is 32.8 Å². The lowest BCUT2D eigenvalue weighted by atomic mass is 10.2. The first-order valence-electron chi connectivity index (χ1n) is 6.75. The molecule has 0 aromatic heterocycles. The van der Waals surface area contributed by atoms with Crippen molar-refractivity contribution < 1.29 is 19.4 Å². The number of morpholine rings is 1. The molecule has 1 rings (SSSR count). The van der Waals surface area contributed by atoms with Crippen molar-refractivity contribution in [2.45, 2.75) is 39.3 Å². The molecule has 0 aliphatic carbocycles. The lowest BCUT2D eigenvalue weighted by Crippen LogP contribution is -2.49. The zero-order valence-electron chi connectivity index (χ0n) is 12.0. The molecule has 1 fully saturated rings. The van der Waals surface area contributed by atoms with Gasteiger partial charge in [0.25, 0.3) is 0 Å². The molecule has 110 valence electrons. The van der Waals surface area contributed by atoms with Crippen LogP contribution >= 0.6 is 0 Å². The predicted octanol–water partition coefficient (Wildman–Crippen LogP) is 0.419. The van der Waals surface area contributed by atoms with E-state index in [0.29, 0.717) is 26.2 Å². The van der Waals surface area contributed by atoms with Crippen molar-refractivity contribution in [1.82, 2.24) is 9.80 Å². The number of carboxylic acid groups (broad SMARTS) is 1. The molecule has 1 atom stereocenters. The SMILES string of the molecule is CC1CN(C(=O)CN(CCC(=O)O)C(C)C)CCO1. The fourth-order valence-corrected chi connectivity index (χ4v) is 2.08. The Hall–Kier alpha value is -1.14. The van der Waals surface area contributed by atoms with Crippen LogP contribution in [0.25, 0.3) is 0 Å². The van der Waals surface area contributed by atoms with Gasteiger partial charge in [-0.3, -0.25) is 14.5 Å². The van der Waals surface area contributed by atoms with Crippen LogP contribution in [0.5, 0.6) is 0 Å². The second-order valence-electron chi connectivity index (χ2n) is 5.23. The maximum Gasteiger partial charge on any atom is 0.304 e. The number of nitrogens with zero attached hydrogens (tertiary/aromatic N) is 2. The third kappa shape index (κ3) is 5.57. The van der Waals surface area contributed by atoms with Gasteiger partial charge >= 0.3 is 5.97 Å². The number of ether oxygens (including phenoxy) is 1. The molecule has 1 N–H and O–H groups in total. The van der Waals surface area contributed by atoms with Crippen molar-refractivity contribution >= 4 is 11.9 Å². The highest BCUT2D eigenvalue weighted by atomic mass is 16.5. The van der Waals surface area contributed by atoms with E-state index < -0.39 is 5.97 Å². The smallest absolute Gasteiger partial charge is 0.304 e. The predicted molar refractivity (Wildman–Crippen MR) is 71.0 cm³/mol. The number of aliphatic carboxylic acids is 1. The van der Waals surface area contributed by atoms with Gasteiger partial charge in [0.05, 0.1) is 25.7 Å². The zero-order valence-corrected chi connectivity index (χ0v) is 12.0. The van der Waals surface area contributed by atoms with Gasteiger partial charge in [-0.1, -0.05) is 0 Å². The molecule has 1 unspecified atom stereocenters. The molecular formula is C13H24N2O4. The first-order valence-corrected chi connectivity index (χ1v) is 6.75. The van der Waals surface area contributed by atoms with E-state index in [4.69, 9.17) is 9.84 Å². The molecule has 1 heterocycles. The highest BCUT2D eigenvalue weighted by molar-refractivity contribution is 5.78. The van der Waals surface area contributed by atoms with E-state index in [1.807, 2.05) is 25.7 Å². The van der Waals surface area contributed by atoms with Crippen LogP contribution in [-0.2, 0) is 14.3 Å². The number of carbonyl (C=O) groups is 2. The van der Waals surface area contributed by atoms with Crippen LogP contribution in [0, 0.1) is 0 Å². The van der Waals surface area contributed by atoms with Crippen molar-refractivity contribution in [2.24, 2.45) is 0 Å². The molecule has 1 saturated heterocycles. The summed E-state index contributed by atoms with van der Waals surface area (Å²) in [6.45, 7) is 8.37. The molecule has 1 aliphatic rings. The highest BCUT2D eigenvalue weighted by Gasteiger charge is 2.24. The number of carboxylic acids is 1. The summed E-state index contributed by atoms with van der Waals surface area (Å²) in [4.78, 5) is 26.5. The summed E-state index contributed by atoms with van der Waals surface area (Å²) in [6.07, 6.45) is 0.134. The van der Waals surface area contributed by atoms with Crippen molar-refractivity contribution in [3.63, 3.8) is 0 Å². The van der Waals surface area contributed by atoms with Crippen LogP contribution in [0.1, 0.15) is 27.2 Å². The summed E-state index contributed by atoms with van der Waals surface area (Å²) >= 11 is 0. The Morgan fingerprint density at radius 2 is 2.16 bits per heavy atom. The lowest BCUT2D eigenvalue weighted by molar-refractivity contribution is -0.141. The van der Waals surface area contributed by atoms with Gasteiger partial charge in [-0.15, -0.1) is 0 Å². The number of rotatable bonds is 6. The van der Waals surface area contributed by atoms with E-state index in [1.54, 1.807) is 4.90 Å². The quantitative estimate of drug-likeness (QED) is 0.759. The fraction of sp³-hybridized carbons (Fsp3) is 0.846. The third-order valence-electron chi connectivity index (χ3n) is 3.28. The van der Waals surface area contributed by atoms with Crippen LogP contribution in [0.15, 0.2) is 0 Å². The lowest BCUT2D eigenvalue weighted by Gasteiger charge is -2.34. The fourth-order valence-electron chi connectivity index (χ4n) is 2.08. The first kappa shape index (κ1) is 15.9. The van der Waals surface area contributed by atoms with E-state index >= 15 is 0 Å². The summed E-state index contributed by atoms with van der Waals surface area (Å²) in [7, 11) is 0. The Bertz CT molecular complexity index is 320. The topological polar surface area (TPSA) is 70.1 Å². The van der Waals surface area contributed by atoms with Crippen molar-refractivity contribution in [3.05, 3.63) is 0 Å². The second kappa shape index (κ2) is 7.45.